The molecule has 0 aliphatic carbocycles. The van der Waals surface area contributed by atoms with Crippen LogP contribution in [-0.2, 0) is 0 Å². The molecule has 0 saturated carbocycles. The standard InChI is InChI=1S/C21H13Cl2N5O2S/c22-14-8-9-17(23)16(11-14)20-13-31-21(26-18-6-1-2-7-19(18)28(29)30)27(20)25-12-15-5-3-4-10-24-15/h1-13H. The van der Waals surface area contributed by atoms with Gasteiger partial charge in [-0.05, 0) is 36.4 Å². The summed E-state index contributed by atoms with van der Waals surface area (Å²) >= 11 is 13.9. The van der Waals surface area contributed by atoms with Crippen LogP contribution in [0.5, 0.6) is 0 Å². The average molecular weight is 470 g/mol. The van der Waals surface area contributed by atoms with Crippen LogP contribution >= 0.6 is 34.5 Å². The lowest BCUT2D eigenvalue weighted by molar-refractivity contribution is -0.384. The van der Waals surface area contributed by atoms with Crippen molar-refractivity contribution in [2.75, 3.05) is 0 Å². The molecular formula is C21H13Cl2N5O2S. The predicted molar refractivity (Wildman–Crippen MR) is 123 cm³/mol. The van der Waals surface area contributed by atoms with Crippen LogP contribution in [0.1, 0.15) is 5.69 Å². The van der Waals surface area contributed by atoms with Gasteiger partial charge in [0.15, 0.2) is 0 Å². The quantitative estimate of drug-likeness (QED) is 0.206. The number of halogens is 2. The highest BCUT2D eigenvalue weighted by Gasteiger charge is 2.15. The van der Waals surface area contributed by atoms with Gasteiger partial charge in [0.1, 0.15) is 5.69 Å². The molecule has 10 heteroatoms. The van der Waals surface area contributed by atoms with E-state index >= 15 is 0 Å². The normalized spacial score (nSPS) is 11.9. The number of aromatic nitrogens is 2. The first kappa shape index (κ1) is 20.9. The predicted octanol–water partition coefficient (Wildman–Crippen LogP) is 5.94. The molecule has 4 aromatic rings. The first-order valence-corrected chi connectivity index (χ1v) is 10.6. The Morgan fingerprint density at radius 3 is 2.68 bits per heavy atom. The summed E-state index contributed by atoms with van der Waals surface area (Å²) in [7, 11) is 0. The summed E-state index contributed by atoms with van der Waals surface area (Å²) in [6.45, 7) is 0. The molecule has 0 fully saturated rings. The summed E-state index contributed by atoms with van der Waals surface area (Å²) in [5, 5.41) is 18.7. The molecule has 0 atom stereocenters. The van der Waals surface area contributed by atoms with Gasteiger partial charge in [0, 0.05) is 28.2 Å². The number of rotatable bonds is 5. The van der Waals surface area contributed by atoms with E-state index in [4.69, 9.17) is 23.2 Å². The summed E-state index contributed by atoms with van der Waals surface area (Å²) in [5.74, 6) is 0. The van der Waals surface area contributed by atoms with Crippen molar-refractivity contribution in [2.24, 2.45) is 10.1 Å². The van der Waals surface area contributed by atoms with Gasteiger partial charge in [0.2, 0.25) is 4.80 Å². The number of nitrogens with zero attached hydrogens (tertiary/aromatic N) is 5. The van der Waals surface area contributed by atoms with Crippen LogP contribution in [-0.4, -0.2) is 20.8 Å². The highest BCUT2D eigenvalue weighted by Crippen LogP contribution is 2.31. The molecule has 0 spiro atoms. The number of hydrogen-bond acceptors (Lipinski definition) is 6. The Labute approximate surface area is 190 Å². The Kier molecular flexibility index (Phi) is 6.22. The van der Waals surface area contributed by atoms with E-state index in [0.717, 1.165) is 0 Å². The number of nitro benzene ring substituents is 1. The third-order valence-electron chi connectivity index (χ3n) is 4.18. The van der Waals surface area contributed by atoms with Gasteiger partial charge in [0.25, 0.3) is 5.69 Å². The number of thiazole rings is 1. The fraction of sp³-hybridized carbons (Fsp3) is 0. The molecule has 0 unspecified atom stereocenters. The Morgan fingerprint density at radius 1 is 1.10 bits per heavy atom. The zero-order valence-corrected chi connectivity index (χ0v) is 18.1. The molecule has 0 N–H and O–H groups in total. The van der Waals surface area contributed by atoms with Crippen LogP contribution in [0.4, 0.5) is 11.4 Å². The monoisotopic (exact) mass is 469 g/mol. The molecule has 0 aliphatic heterocycles. The second-order valence-corrected chi connectivity index (χ2v) is 7.88. The van der Waals surface area contributed by atoms with Crippen molar-refractivity contribution >= 4 is 52.1 Å². The van der Waals surface area contributed by atoms with Gasteiger partial charge in [-0.15, -0.1) is 11.3 Å². The minimum atomic E-state index is -0.470. The van der Waals surface area contributed by atoms with E-state index in [1.807, 2.05) is 17.5 Å². The highest BCUT2D eigenvalue weighted by molar-refractivity contribution is 7.07. The summed E-state index contributed by atoms with van der Waals surface area (Å²) < 4.78 is 1.56. The van der Waals surface area contributed by atoms with E-state index in [1.54, 1.807) is 59.6 Å². The molecule has 0 aliphatic rings. The largest absolute Gasteiger partial charge is 0.294 e. The van der Waals surface area contributed by atoms with Gasteiger partial charge in [-0.2, -0.15) is 5.10 Å². The summed E-state index contributed by atoms with van der Waals surface area (Å²) in [6.07, 6.45) is 3.24. The molecule has 0 saturated heterocycles. The van der Waals surface area contributed by atoms with E-state index in [9.17, 15) is 10.1 Å². The fourth-order valence-electron chi connectivity index (χ4n) is 2.75. The minimum absolute atomic E-state index is 0.0986. The van der Waals surface area contributed by atoms with E-state index in [2.05, 4.69) is 15.1 Å². The molecule has 0 bridgehead atoms. The van der Waals surface area contributed by atoms with Gasteiger partial charge in [-0.3, -0.25) is 15.1 Å². The highest BCUT2D eigenvalue weighted by atomic mass is 35.5. The second-order valence-electron chi connectivity index (χ2n) is 6.20. The maximum Gasteiger partial charge on any atom is 0.294 e. The zero-order chi connectivity index (χ0) is 21.8. The fourth-order valence-corrected chi connectivity index (χ4v) is 3.98. The second kappa shape index (κ2) is 9.22. The maximum atomic E-state index is 11.4. The summed E-state index contributed by atoms with van der Waals surface area (Å²) in [5.41, 5.74) is 2.06. The lowest BCUT2D eigenvalue weighted by atomic mass is 10.2. The van der Waals surface area contributed by atoms with Crippen molar-refractivity contribution in [3.63, 3.8) is 0 Å². The molecule has 4 rings (SSSR count). The first-order valence-electron chi connectivity index (χ1n) is 8.92. The lowest BCUT2D eigenvalue weighted by Crippen LogP contribution is -2.12. The van der Waals surface area contributed by atoms with E-state index in [-0.39, 0.29) is 11.4 Å². The Balaban J connectivity index is 1.93. The average Bonchev–Trinajstić information content (AvgIpc) is 3.17. The number of nitro groups is 1. The van der Waals surface area contributed by atoms with E-state index in [0.29, 0.717) is 31.8 Å². The van der Waals surface area contributed by atoms with Gasteiger partial charge in [0.05, 0.1) is 27.5 Å². The van der Waals surface area contributed by atoms with Crippen molar-refractivity contribution in [2.45, 2.75) is 0 Å². The molecule has 2 aromatic heterocycles. The third-order valence-corrected chi connectivity index (χ3v) is 5.56. The molecule has 7 nitrogen and oxygen atoms in total. The molecule has 0 amide bonds. The Hall–Kier alpha value is -3.33. The number of hydrogen-bond donors (Lipinski definition) is 0. The maximum absolute atomic E-state index is 11.4. The topological polar surface area (TPSA) is 85.7 Å². The smallest absolute Gasteiger partial charge is 0.258 e. The van der Waals surface area contributed by atoms with Crippen LogP contribution in [0.25, 0.3) is 11.3 Å². The van der Waals surface area contributed by atoms with Crippen molar-refractivity contribution < 1.29 is 4.92 Å². The van der Waals surface area contributed by atoms with Crippen LogP contribution in [0, 0.1) is 10.1 Å². The lowest BCUT2D eigenvalue weighted by Gasteiger charge is -2.06. The van der Waals surface area contributed by atoms with Crippen molar-refractivity contribution in [3.05, 3.63) is 103 Å². The van der Waals surface area contributed by atoms with Crippen LogP contribution in [0.3, 0.4) is 0 Å². The van der Waals surface area contributed by atoms with E-state index < -0.39 is 4.92 Å². The van der Waals surface area contributed by atoms with Crippen LogP contribution in [0.2, 0.25) is 10.0 Å². The minimum Gasteiger partial charge on any atom is -0.258 e. The molecule has 2 heterocycles. The van der Waals surface area contributed by atoms with Crippen LogP contribution < -0.4 is 4.80 Å². The van der Waals surface area contributed by atoms with Gasteiger partial charge >= 0.3 is 0 Å². The van der Waals surface area contributed by atoms with E-state index in [1.165, 1.54) is 17.4 Å². The number of benzene rings is 2. The van der Waals surface area contributed by atoms with Gasteiger partial charge in [-0.25, -0.2) is 9.67 Å². The summed E-state index contributed by atoms with van der Waals surface area (Å²) in [4.78, 5) is 20.1. The number of para-hydroxylation sites is 2. The van der Waals surface area contributed by atoms with Crippen molar-refractivity contribution in [1.82, 2.24) is 9.66 Å². The zero-order valence-electron chi connectivity index (χ0n) is 15.7. The van der Waals surface area contributed by atoms with Crippen molar-refractivity contribution in [1.29, 1.82) is 0 Å². The molecule has 0 radical (unpaired) electrons. The Bertz CT molecular complexity index is 1350. The SMILES string of the molecule is O=[N+]([O-])c1ccccc1N=c1scc(-c2cc(Cl)ccc2Cl)n1N=Cc1ccccn1. The molecule has 154 valence electrons. The van der Waals surface area contributed by atoms with Crippen molar-refractivity contribution in [3.8, 4) is 11.3 Å². The molecular weight excluding hydrogens is 457 g/mol. The Morgan fingerprint density at radius 2 is 1.90 bits per heavy atom. The summed E-state index contributed by atoms with van der Waals surface area (Å²) in [6, 6.07) is 16.9. The number of pyridine rings is 1. The van der Waals surface area contributed by atoms with Gasteiger partial charge in [-0.1, -0.05) is 41.4 Å². The van der Waals surface area contributed by atoms with Gasteiger partial charge < -0.3 is 0 Å². The first-order chi connectivity index (χ1) is 15.0. The molecule has 31 heavy (non-hydrogen) atoms. The molecule has 2 aromatic carbocycles. The van der Waals surface area contributed by atoms with Crippen LogP contribution in [0.15, 0.2) is 82.3 Å². The third kappa shape index (κ3) is 4.72.